The highest BCUT2D eigenvalue weighted by molar-refractivity contribution is 9.09. The normalized spacial score (nSPS) is 19.9. The van der Waals surface area contributed by atoms with Gasteiger partial charge in [-0.05, 0) is 36.8 Å². The van der Waals surface area contributed by atoms with Crippen molar-refractivity contribution in [1.82, 2.24) is 0 Å². The zero-order valence-corrected chi connectivity index (χ0v) is 9.79. The van der Waals surface area contributed by atoms with Gasteiger partial charge in [0, 0.05) is 5.33 Å². The van der Waals surface area contributed by atoms with Crippen molar-refractivity contribution in [3.05, 3.63) is 29.8 Å². The van der Waals surface area contributed by atoms with Crippen LogP contribution >= 0.6 is 15.9 Å². The molecule has 0 aliphatic carbocycles. The standard InChI is InChI=1S/C12H15BrO/c13-7-3-4-10-8-11-5-1-2-6-12(11)14-9-10/h1-2,5-6,10H,3-4,7-9H2. The van der Waals surface area contributed by atoms with E-state index in [-0.39, 0.29) is 0 Å². The van der Waals surface area contributed by atoms with Gasteiger partial charge in [-0.15, -0.1) is 0 Å². The van der Waals surface area contributed by atoms with Gasteiger partial charge in [0.15, 0.2) is 0 Å². The highest BCUT2D eigenvalue weighted by Gasteiger charge is 2.18. The number of benzene rings is 1. The molecule has 0 spiro atoms. The second-order valence-corrected chi connectivity index (χ2v) is 4.61. The molecule has 1 heterocycles. The first kappa shape index (κ1) is 10.0. The van der Waals surface area contributed by atoms with Crippen molar-refractivity contribution in [2.45, 2.75) is 19.3 Å². The van der Waals surface area contributed by atoms with Crippen LogP contribution in [0.2, 0.25) is 0 Å². The smallest absolute Gasteiger partial charge is 0.122 e. The summed E-state index contributed by atoms with van der Waals surface area (Å²) in [5, 5.41) is 1.10. The molecule has 0 fully saturated rings. The van der Waals surface area contributed by atoms with E-state index < -0.39 is 0 Å². The van der Waals surface area contributed by atoms with Crippen LogP contribution in [0.3, 0.4) is 0 Å². The molecule has 0 aromatic heterocycles. The zero-order valence-electron chi connectivity index (χ0n) is 8.21. The number of halogens is 1. The Hall–Kier alpha value is -0.500. The third-order valence-corrected chi connectivity index (χ3v) is 3.26. The highest BCUT2D eigenvalue weighted by atomic mass is 79.9. The van der Waals surface area contributed by atoms with Crippen molar-refractivity contribution in [3.8, 4) is 5.75 Å². The maximum Gasteiger partial charge on any atom is 0.122 e. The van der Waals surface area contributed by atoms with Crippen molar-refractivity contribution in [1.29, 1.82) is 0 Å². The molecule has 0 N–H and O–H groups in total. The van der Waals surface area contributed by atoms with Crippen molar-refractivity contribution in [3.63, 3.8) is 0 Å². The average molecular weight is 255 g/mol. The van der Waals surface area contributed by atoms with E-state index in [1.807, 2.05) is 6.07 Å². The van der Waals surface area contributed by atoms with Gasteiger partial charge >= 0.3 is 0 Å². The minimum atomic E-state index is 0.711. The van der Waals surface area contributed by atoms with Crippen LogP contribution in [0.15, 0.2) is 24.3 Å². The summed E-state index contributed by atoms with van der Waals surface area (Å²) in [4.78, 5) is 0. The van der Waals surface area contributed by atoms with E-state index in [1.165, 1.54) is 24.8 Å². The van der Waals surface area contributed by atoms with Gasteiger partial charge in [0.1, 0.15) is 5.75 Å². The number of hydrogen-bond acceptors (Lipinski definition) is 1. The van der Waals surface area contributed by atoms with E-state index >= 15 is 0 Å². The number of alkyl halides is 1. The SMILES string of the molecule is BrCCCC1COc2ccccc2C1. The van der Waals surface area contributed by atoms with E-state index in [0.717, 1.165) is 17.7 Å². The molecule has 1 aliphatic rings. The van der Waals surface area contributed by atoms with Gasteiger partial charge in [-0.3, -0.25) is 0 Å². The molecule has 0 bridgehead atoms. The van der Waals surface area contributed by atoms with Crippen molar-refractivity contribution < 1.29 is 4.74 Å². The van der Waals surface area contributed by atoms with Crippen molar-refractivity contribution in [2.24, 2.45) is 5.92 Å². The van der Waals surface area contributed by atoms with Gasteiger partial charge in [0.25, 0.3) is 0 Å². The molecule has 0 saturated carbocycles. The first-order chi connectivity index (χ1) is 6.90. The number of fused-ring (bicyclic) bond motifs is 1. The molecule has 0 radical (unpaired) electrons. The van der Waals surface area contributed by atoms with E-state index in [4.69, 9.17) is 4.74 Å². The number of ether oxygens (including phenoxy) is 1. The minimum absolute atomic E-state index is 0.711. The van der Waals surface area contributed by atoms with E-state index in [1.54, 1.807) is 0 Å². The fraction of sp³-hybridized carbons (Fsp3) is 0.500. The first-order valence-electron chi connectivity index (χ1n) is 5.17. The topological polar surface area (TPSA) is 9.23 Å². The summed E-state index contributed by atoms with van der Waals surface area (Å²) >= 11 is 3.47. The molecular weight excluding hydrogens is 240 g/mol. The second kappa shape index (κ2) is 4.83. The molecule has 1 aromatic carbocycles. The van der Waals surface area contributed by atoms with Crippen LogP contribution in [-0.4, -0.2) is 11.9 Å². The lowest BCUT2D eigenvalue weighted by Gasteiger charge is -2.24. The third kappa shape index (κ3) is 2.30. The molecule has 1 aromatic rings. The Labute approximate surface area is 93.6 Å². The average Bonchev–Trinajstić information content (AvgIpc) is 2.26. The van der Waals surface area contributed by atoms with Gasteiger partial charge in [-0.1, -0.05) is 34.1 Å². The van der Waals surface area contributed by atoms with Crippen LogP contribution in [0, 0.1) is 5.92 Å². The number of para-hydroxylation sites is 1. The van der Waals surface area contributed by atoms with E-state index in [0.29, 0.717) is 5.92 Å². The lowest BCUT2D eigenvalue weighted by atomic mass is 9.93. The van der Waals surface area contributed by atoms with E-state index in [2.05, 4.69) is 34.1 Å². The number of hydrogen-bond donors (Lipinski definition) is 0. The summed E-state index contributed by atoms with van der Waals surface area (Å²) < 4.78 is 5.72. The molecular formula is C12H15BrO. The maximum atomic E-state index is 5.72. The molecule has 14 heavy (non-hydrogen) atoms. The van der Waals surface area contributed by atoms with Crippen LogP contribution in [0.5, 0.6) is 5.75 Å². The summed E-state index contributed by atoms with van der Waals surface area (Å²) in [6.45, 7) is 0.893. The monoisotopic (exact) mass is 254 g/mol. The molecule has 76 valence electrons. The molecule has 0 saturated heterocycles. The summed E-state index contributed by atoms with van der Waals surface area (Å²) in [5.74, 6) is 1.80. The lowest BCUT2D eigenvalue weighted by molar-refractivity contribution is 0.214. The summed E-state index contributed by atoms with van der Waals surface area (Å²) in [7, 11) is 0. The first-order valence-corrected chi connectivity index (χ1v) is 6.29. The highest BCUT2D eigenvalue weighted by Crippen LogP contribution is 2.28. The second-order valence-electron chi connectivity index (χ2n) is 3.82. The quantitative estimate of drug-likeness (QED) is 0.752. The molecule has 1 nitrogen and oxygen atoms in total. The predicted octanol–water partition coefficient (Wildman–Crippen LogP) is 3.41. The van der Waals surface area contributed by atoms with Gasteiger partial charge < -0.3 is 4.74 Å². The summed E-state index contributed by atoms with van der Waals surface area (Å²) in [6, 6.07) is 8.37. The van der Waals surface area contributed by atoms with Crippen LogP contribution in [0.1, 0.15) is 18.4 Å². The molecule has 1 aliphatic heterocycles. The largest absolute Gasteiger partial charge is 0.493 e. The van der Waals surface area contributed by atoms with Crippen LogP contribution in [0.4, 0.5) is 0 Å². The molecule has 0 amide bonds. The molecule has 1 unspecified atom stereocenters. The van der Waals surface area contributed by atoms with E-state index in [9.17, 15) is 0 Å². The van der Waals surface area contributed by atoms with Gasteiger partial charge in [-0.2, -0.15) is 0 Å². The Bertz CT molecular complexity index is 298. The Morgan fingerprint density at radius 3 is 3.07 bits per heavy atom. The Balaban J connectivity index is 1.99. The fourth-order valence-corrected chi connectivity index (χ4v) is 2.27. The summed E-state index contributed by atoms with van der Waals surface area (Å²) in [6.07, 6.45) is 3.69. The van der Waals surface area contributed by atoms with Gasteiger partial charge in [0.2, 0.25) is 0 Å². The lowest BCUT2D eigenvalue weighted by Crippen LogP contribution is -2.20. The molecule has 1 atom stereocenters. The summed E-state index contributed by atoms with van der Waals surface area (Å²) in [5.41, 5.74) is 1.37. The predicted molar refractivity (Wildman–Crippen MR) is 62.2 cm³/mol. The Morgan fingerprint density at radius 1 is 1.36 bits per heavy atom. The fourth-order valence-electron chi connectivity index (χ4n) is 1.94. The van der Waals surface area contributed by atoms with Crippen LogP contribution in [0.25, 0.3) is 0 Å². The number of rotatable bonds is 3. The Kier molecular flexibility index (Phi) is 3.46. The van der Waals surface area contributed by atoms with Gasteiger partial charge in [-0.25, -0.2) is 0 Å². The molecule has 2 rings (SSSR count). The maximum absolute atomic E-state index is 5.72. The van der Waals surface area contributed by atoms with Crippen LogP contribution in [-0.2, 0) is 6.42 Å². The third-order valence-electron chi connectivity index (χ3n) is 2.70. The minimum Gasteiger partial charge on any atom is -0.493 e. The van der Waals surface area contributed by atoms with Gasteiger partial charge in [0.05, 0.1) is 6.61 Å². The van der Waals surface area contributed by atoms with Crippen molar-refractivity contribution >= 4 is 15.9 Å². The molecule has 2 heteroatoms. The zero-order chi connectivity index (χ0) is 9.80. The van der Waals surface area contributed by atoms with Crippen LogP contribution < -0.4 is 4.74 Å². The van der Waals surface area contributed by atoms with Crippen molar-refractivity contribution in [2.75, 3.05) is 11.9 Å². The Morgan fingerprint density at radius 2 is 2.21 bits per heavy atom.